The van der Waals surface area contributed by atoms with Crippen molar-refractivity contribution in [3.05, 3.63) is 41.2 Å². The molecule has 0 radical (unpaired) electrons. The molecule has 0 saturated carbocycles. The maximum atomic E-state index is 10.8. The molecule has 1 unspecified atom stereocenters. The number of halogens is 1. The van der Waals surface area contributed by atoms with Crippen molar-refractivity contribution in [3.8, 4) is 5.69 Å². The number of aromatic nitrogens is 3. The minimum Gasteiger partial charge on any atom is -0.481 e. The summed E-state index contributed by atoms with van der Waals surface area (Å²) in [6, 6.07) is 7.15. The third kappa shape index (κ3) is 2.29. The highest BCUT2D eigenvalue weighted by molar-refractivity contribution is 6.32. The molecule has 1 atom stereocenters. The van der Waals surface area contributed by atoms with Gasteiger partial charge < -0.3 is 5.11 Å². The molecule has 0 bridgehead atoms. The highest BCUT2D eigenvalue weighted by Gasteiger charge is 2.18. The van der Waals surface area contributed by atoms with E-state index in [4.69, 9.17) is 16.7 Å². The lowest BCUT2D eigenvalue weighted by Gasteiger charge is -2.02. The van der Waals surface area contributed by atoms with Gasteiger partial charge in [-0.25, -0.2) is 4.68 Å². The monoisotopic (exact) mass is 251 g/mol. The first-order chi connectivity index (χ1) is 8.09. The lowest BCUT2D eigenvalue weighted by Crippen LogP contribution is -2.07. The topological polar surface area (TPSA) is 68.0 Å². The fourth-order valence-electron chi connectivity index (χ4n) is 1.36. The summed E-state index contributed by atoms with van der Waals surface area (Å²) in [7, 11) is 0. The number of carboxylic acids is 1. The van der Waals surface area contributed by atoms with E-state index in [2.05, 4.69) is 10.3 Å². The summed E-state index contributed by atoms with van der Waals surface area (Å²) in [6.45, 7) is 1.56. The molecule has 0 aliphatic heterocycles. The van der Waals surface area contributed by atoms with E-state index in [1.807, 2.05) is 12.1 Å². The van der Waals surface area contributed by atoms with Crippen LogP contribution in [0.2, 0.25) is 5.02 Å². The van der Waals surface area contributed by atoms with E-state index < -0.39 is 11.9 Å². The highest BCUT2D eigenvalue weighted by Crippen LogP contribution is 2.20. The van der Waals surface area contributed by atoms with Crippen LogP contribution in [0.1, 0.15) is 18.5 Å². The van der Waals surface area contributed by atoms with Gasteiger partial charge in [0.2, 0.25) is 0 Å². The molecule has 88 valence electrons. The van der Waals surface area contributed by atoms with Gasteiger partial charge in [0.1, 0.15) is 0 Å². The molecule has 2 aromatic rings. The van der Waals surface area contributed by atoms with Crippen molar-refractivity contribution < 1.29 is 9.90 Å². The van der Waals surface area contributed by atoms with Crippen LogP contribution in [0.25, 0.3) is 5.69 Å². The number of aliphatic carboxylic acids is 1. The quantitative estimate of drug-likeness (QED) is 0.907. The summed E-state index contributed by atoms with van der Waals surface area (Å²) >= 11 is 6.01. The van der Waals surface area contributed by atoms with Crippen LogP contribution in [0.5, 0.6) is 0 Å². The molecule has 0 fully saturated rings. The zero-order valence-electron chi connectivity index (χ0n) is 9.04. The zero-order valence-corrected chi connectivity index (χ0v) is 9.80. The highest BCUT2D eigenvalue weighted by atomic mass is 35.5. The van der Waals surface area contributed by atoms with Gasteiger partial charge in [0.05, 0.1) is 28.5 Å². The minimum atomic E-state index is -0.934. The molecule has 0 aliphatic rings. The molecule has 5 nitrogen and oxygen atoms in total. The molecule has 1 heterocycles. The zero-order chi connectivity index (χ0) is 12.4. The van der Waals surface area contributed by atoms with Crippen LogP contribution in [0, 0.1) is 0 Å². The molecular weight excluding hydrogens is 242 g/mol. The van der Waals surface area contributed by atoms with Crippen LogP contribution >= 0.6 is 11.6 Å². The first-order valence-corrected chi connectivity index (χ1v) is 5.37. The molecule has 1 N–H and O–H groups in total. The summed E-state index contributed by atoms with van der Waals surface area (Å²) in [4.78, 5) is 10.8. The van der Waals surface area contributed by atoms with Crippen molar-refractivity contribution in [2.75, 3.05) is 0 Å². The molecule has 0 saturated heterocycles. The molecular formula is C11H10ClN3O2. The third-order valence-electron chi connectivity index (χ3n) is 2.42. The molecule has 2 rings (SSSR count). The van der Waals surface area contributed by atoms with Crippen LogP contribution in [0.4, 0.5) is 0 Å². The normalized spacial score (nSPS) is 12.4. The van der Waals surface area contributed by atoms with Crippen molar-refractivity contribution >= 4 is 17.6 Å². The Kier molecular flexibility index (Phi) is 3.10. The van der Waals surface area contributed by atoms with Crippen molar-refractivity contribution in [3.63, 3.8) is 0 Å². The number of hydrogen-bond acceptors (Lipinski definition) is 3. The number of nitrogens with zero attached hydrogens (tertiary/aromatic N) is 3. The lowest BCUT2D eigenvalue weighted by molar-refractivity contribution is -0.138. The Labute approximate surface area is 103 Å². The van der Waals surface area contributed by atoms with Crippen molar-refractivity contribution in [1.29, 1.82) is 0 Å². The Bertz CT molecular complexity index is 553. The van der Waals surface area contributed by atoms with Gasteiger partial charge in [-0.1, -0.05) is 28.9 Å². The predicted molar refractivity (Wildman–Crippen MR) is 62.4 cm³/mol. The van der Waals surface area contributed by atoms with Gasteiger partial charge in [0.15, 0.2) is 0 Å². The summed E-state index contributed by atoms with van der Waals surface area (Å²) in [5, 5.41) is 17.1. The van der Waals surface area contributed by atoms with E-state index in [9.17, 15) is 4.79 Å². The number of carbonyl (C=O) groups is 1. The van der Waals surface area contributed by atoms with Crippen LogP contribution in [0.3, 0.4) is 0 Å². The summed E-state index contributed by atoms with van der Waals surface area (Å²) in [6.07, 6.45) is 1.57. The number of rotatable bonds is 3. The average molecular weight is 252 g/mol. The maximum Gasteiger partial charge on any atom is 0.312 e. The van der Waals surface area contributed by atoms with E-state index in [0.717, 1.165) is 0 Å². The predicted octanol–water partition coefficient (Wildman–Crippen LogP) is 2.11. The van der Waals surface area contributed by atoms with Gasteiger partial charge in [-0.3, -0.25) is 4.79 Å². The van der Waals surface area contributed by atoms with Gasteiger partial charge >= 0.3 is 5.97 Å². The molecule has 0 amide bonds. The van der Waals surface area contributed by atoms with Crippen molar-refractivity contribution in [1.82, 2.24) is 15.0 Å². The van der Waals surface area contributed by atoms with E-state index in [-0.39, 0.29) is 0 Å². The smallest absolute Gasteiger partial charge is 0.312 e. The molecule has 1 aromatic carbocycles. The van der Waals surface area contributed by atoms with E-state index in [1.165, 1.54) is 4.68 Å². The first kappa shape index (κ1) is 11.6. The minimum absolute atomic E-state index is 0.400. The van der Waals surface area contributed by atoms with E-state index >= 15 is 0 Å². The number of para-hydroxylation sites is 1. The molecule has 0 spiro atoms. The van der Waals surface area contributed by atoms with Gasteiger partial charge in [0.25, 0.3) is 0 Å². The Morgan fingerprint density at radius 2 is 2.18 bits per heavy atom. The average Bonchev–Trinajstić information content (AvgIpc) is 2.77. The standard InChI is InChI=1S/C11H10ClN3O2/c1-7(11(16)17)9-6-15(14-13-9)10-5-3-2-4-8(10)12/h2-7H,1H3,(H,16,17). The van der Waals surface area contributed by atoms with Crippen molar-refractivity contribution in [2.24, 2.45) is 0 Å². The number of carboxylic acid groups (broad SMARTS) is 1. The summed E-state index contributed by atoms with van der Waals surface area (Å²) < 4.78 is 1.47. The van der Waals surface area contributed by atoms with E-state index in [1.54, 1.807) is 25.3 Å². The van der Waals surface area contributed by atoms with Gasteiger partial charge in [-0.15, -0.1) is 5.10 Å². The van der Waals surface area contributed by atoms with Crippen LogP contribution in [0.15, 0.2) is 30.5 Å². The SMILES string of the molecule is CC(C(=O)O)c1cn(-c2ccccc2Cl)nn1. The van der Waals surface area contributed by atoms with Crippen LogP contribution in [-0.4, -0.2) is 26.1 Å². The second-order valence-corrected chi connectivity index (χ2v) is 4.01. The fourth-order valence-corrected chi connectivity index (χ4v) is 1.58. The van der Waals surface area contributed by atoms with E-state index in [0.29, 0.717) is 16.4 Å². The van der Waals surface area contributed by atoms with Gasteiger partial charge in [-0.05, 0) is 19.1 Å². The maximum absolute atomic E-state index is 10.8. The lowest BCUT2D eigenvalue weighted by atomic mass is 10.1. The Balaban J connectivity index is 2.37. The molecule has 0 aliphatic carbocycles. The largest absolute Gasteiger partial charge is 0.481 e. The summed E-state index contributed by atoms with van der Waals surface area (Å²) in [5.41, 5.74) is 1.07. The molecule has 6 heteroatoms. The Morgan fingerprint density at radius 1 is 1.47 bits per heavy atom. The Morgan fingerprint density at radius 3 is 2.82 bits per heavy atom. The number of hydrogen-bond donors (Lipinski definition) is 1. The Hall–Kier alpha value is -1.88. The van der Waals surface area contributed by atoms with Crippen LogP contribution in [-0.2, 0) is 4.79 Å². The molecule has 1 aromatic heterocycles. The second kappa shape index (κ2) is 4.55. The second-order valence-electron chi connectivity index (χ2n) is 3.60. The van der Waals surface area contributed by atoms with Gasteiger partial charge in [-0.2, -0.15) is 0 Å². The number of benzene rings is 1. The summed E-state index contributed by atoms with van der Waals surface area (Å²) in [5.74, 6) is -1.62. The van der Waals surface area contributed by atoms with Crippen LogP contribution < -0.4 is 0 Å². The fraction of sp³-hybridized carbons (Fsp3) is 0.182. The van der Waals surface area contributed by atoms with Crippen molar-refractivity contribution in [2.45, 2.75) is 12.8 Å². The molecule has 17 heavy (non-hydrogen) atoms. The first-order valence-electron chi connectivity index (χ1n) is 4.99. The van der Waals surface area contributed by atoms with Gasteiger partial charge in [0, 0.05) is 0 Å². The third-order valence-corrected chi connectivity index (χ3v) is 2.74.